The number of aliphatic hydroxyl groups excluding tert-OH is 1. The van der Waals surface area contributed by atoms with Gasteiger partial charge in [0.05, 0.1) is 19.3 Å². The highest BCUT2D eigenvalue weighted by molar-refractivity contribution is 5.83. The normalized spacial score (nSPS) is 14.0. The summed E-state index contributed by atoms with van der Waals surface area (Å²) >= 11 is 0. The molecule has 0 radical (unpaired) electrons. The average Bonchev–Trinajstić information content (AvgIpc) is 2.75. The van der Waals surface area contributed by atoms with Crippen LogP contribution in [0.2, 0.25) is 0 Å². The number of hydrogen-bond donors (Lipinski definition) is 2. The molecule has 0 aliphatic heterocycles. The summed E-state index contributed by atoms with van der Waals surface area (Å²) in [7, 11) is 1.66. The number of methoxy groups -OCH3 is 1. The highest BCUT2D eigenvalue weighted by atomic mass is 16.5. The smallest absolute Gasteiger partial charge is 0.106 e. The fourth-order valence-electron chi connectivity index (χ4n) is 3.66. The van der Waals surface area contributed by atoms with Crippen molar-refractivity contribution in [1.29, 1.82) is 0 Å². The molecule has 3 aromatic rings. The van der Waals surface area contributed by atoms with Crippen LogP contribution in [0.1, 0.15) is 31.1 Å². The van der Waals surface area contributed by atoms with Crippen LogP contribution in [-0.2, 0) is 15.9 Å². The molecule has 3 rings (SSSR count). The molecule has 0 spiro atoms. The van der Waals surface area contributed by atoms with E-state index in [4.69, 9.17) is 9.47 Å². The van der Waals surface area contributed by atoms with Crippen LogP contribution < -0.4 is 5.32 Å². The summed E-state index contributed by atoms with van der Waals surface area (Å²) in [6.45, 7) is 5.50. The molecule has 0 aliphatic carbocycles. The van der Waals surface area contributed by atoms with Gasteiger partial charge in [0.1, 0.15) is 6.10 Å². The van der Waals surface area contributed by atoms with Crippen LogP contribution >= 0.6 is 0 Å². The van der Waals surface area contributed by atoms with Gasteiger partial charge in [-0.1, -0.05) is 72.8 Å². The van der Waals surface area contributed by atoms with Gasteiger partial charge in [0.15, 0.2) is 0 Å². The van der Waals surface area contributed by atoms with Crippen molar-refractivity contribution in [2.75, 3.05) is 26.9 Å². The molecule has 2 atom stereocenters. The molecule has 2 unspecified atom stereocenters. The number of fused-ring (bicyclic) bond motifs is 1. The Morgan fingerprint density at radius 2 is 1.60 bits per heavy atom. The van der Waals surface area contributed by atoms with E-state index in [1.165, 1.54) is 16.3 Å². The average molecular weight is 408 g/mol. The molecule has 160 valence electrons. The van der Waals surface area contributed by atoms with E-state index in [2.05, 4.69) is 61.6 Å². The molecule has 0 saturated heterocycles. The number of hydrogen-bond acceptors (Lipinski definition) is 4. The number of nitrogens with one attached hydrogen (secondary N) is 1. The minimum Gasteiger partial charge on any atom is -0.389 e. The SMILES string of the molecule is COCC(OCC(O)CNC(C)(C)Cc1ccc2ccccc2c1)c1ccccc1. The van der Waals surface area contributed by atoms with Gasteiger partial charge in [-0.15, -0.1) is 0 Å². The van der Waals surface area contributed by atoms with Crippen LogP contribution in [0, 0.1) is 0 Å². The Balaban J connectivity index is 1.50. The molecule has 0 amide bonds. The lowest BCUT2D eigenvalue weighted by molar-refractivity contribution is -0.0423. The zero-order valence-corrected chi connectivity index (χ0v) is 18.2. The van der Waals surface area contributed by atoms with Crippen molar-refractivity contribution < 1.29 is 14.6 Å². The molecule has 0 fully saturated rings. The Morgan fingerprint density at radius 3 is 2.33 bits per heavy atom. The van der Waals surface area contributed by atoms with Crippen molar-refractivity contribution in [3.63, 3.8) is 0 Å². The van der Waals surface area contributed by atoms with Crippen molar-refractivity contribution >= 4 is 10.8 Å². The van der Waals surface area contributed by atoms with Crippen molar-refractivity contribution in [3.8, 4) is 0 Å². The van der Waals surface area contributed by atoms with E-state index in [1.54, 1.807) is 7.11 Å². The maximum Gasteiger partial charge on any atom is 0.106 e. The second-order valence-electron chi connectivity index (χ2n) is 8.46. The maximum absolute atomic E-state index is 10.5. The van der Waals surface area contributed by atoms with Gasteiger partial charge in [0.2, 0.25) is 0 Å². The highest BCUT2D eigenvalue weighted by Crippen LogP contribution is 2.20. The lowest BCUT2D eigenvalue weighted by atomic mass is 9.93. The van der Waals surface area contributed by atoms with E-state index < -0.39 is 6.10 Å². The monoisotopic (exact) mass is 407 g/mol. The number of ether oxygens (including phenoxy) is 2. The van der Waals surface area contributed by atoms with Crippen LogP contribution in [0.15, 0.2) is 72.8 Å². The van der Waals surface area contributed by atoms with E-state index in [-0.39, 0.29) is 18.2 Å². The first-order valence-corrected chi connectivity index (χ1v) is 10.5. The second kappa shape index (κ2) is 10.7. The minimum absolute atomic E-state index is 0.144. The summed E-state index contributed by atoms with van der Waals surface area (Å²) in [5, 5.41) is 16.5. The second-order valence-corrected chi connectivity index (χ2v) is 8.46. The van der Waals surface area contributed by atoms with Gasteiger partial charge in [-0.2, -0.15) is 0 Å². The summed E-state index contributed by atoms with van der Waals surface area (Å²) in [6.07, 6.45) is 0.0993. The molecule has 0 saturated carbocycles. The van der Waals surface area contributed by atoms with Gasteiger partial charge < -0.3 is 19.9 Å². The molecular formula is C26H33NO3. The molecule has 0 aromatic heterocycles. The van der Waals surface area contributed by atoms with Crippen molar-refractivity contribution in [1.82, 2.24) is 5.32 Å². The summed E-state index contributed by atoms with van der Waals surface area (Å²) in [5.41, 5.74) is 2.19. The van der Waals surface area contributed by atoms with E-state index in [1.807, 2.05) is 30.3 Å². The minimum atomic E-state index is -0.594. The number of aliphatic hydroxyl groups is 1. The van der Waals surface area contributed by atoms with Crippen molar-refractivity contribution in [2.45, 2.75) is 38.0 Å². The number of β-amino-alcohol motifs (C(OH)–C–C–N with tert-alkyl or cyclic N) is 1. The summed E-state index contributed by atoms with van der Waals surface area (Å²) in [4.78, 5) is 0. The first-order valence-electron chi connectivity index (χ1n) is 10.5. The third kappa shape index (κ3) is 6.64. The topological polar surface area (TPSA) is 50.7 Å². The summed E-state index contributed by atoms with van der Waals surface area (Å²) in [6, 6.07) is 25.0. The Bertz CT molecular complexity index is 910. The molecule has 30 heavy (non-hydrogen) atoms. The first-order chi connectivity index (χ1) is 14.5. The zero-order valence-electron chi connectivity index (χ0n) is 18.2. The molecule has 0 heterocycles. The van der Waals surface area contributed by atoms with E-state index >= 15 is 0 Å². The van der Waals surface area contributed by atoms with Gasteiger partial charge in [-0.25, -0.2) is 0 Å². The maximum atomic E-state index is 10.5. The number of rotatable bonds is 11. The lowest BCUT2D eigenvalue weighted by Gasteiger charge is -2.28. The first kappa shape index (κ1) is 22.4. The zero-order chi connectivity index (χ0) is 21.4. The Morgan fingerprint density at radius 1 is 0.900 bits per heavy atom. The van der Waals surface area contributed by atoms with Gasteiger partial charge in [-0.05, 0) is 42.2 Å². The molecule has 4 heteroatoms. The van der Waals surface area contributed by atoms with Crippen LogP contribution in [-0.4, -0.2) is 43.6 Å². The van der Waals surface area contributed by atoms with Crippen molar-refractivity contribution in [2.24, 2.45) is 0 Å². The van der Waals surface area contributed by atoms with Crippen LogP contribution in [0.5, 0.6) is 0 Å². The molecule has 2 N–H and O–H groups in total. The Hall–Kier alpha value is -2.24. The predicted molar refractivity (Wildman–Crippen MR) is 123 cm³/mol. The molecule has 3 aromatic carbocycles. The van der Waals surface area contributed by atoms with E-state index in [9.17, 15) is 5.11 Å². The fraction of sp³-hybridized carbons (Fsp3) is 0.385. The van der Waals surface area contributed by atoms with Crippen LogP contribution in [0.25, 0.3) is 10.8 Å². The van der Waals surface area contributed by atoms with Gasteiger partial charge in [-0.3, -0.25) is 0 Å². The Kier molecular flexibility index (Phi) is 8.00. The van der Waals surface area contributed by atoms with Crippen LogP contribution in [0.3, 0.4) is 0 Å². The largest absolute Gasteiger partial charge is 0.389 e. The Labute approximate surface area is 179 Å². The third-order valence-electron chi connectivity index (χ3n) is 5.26. The third-order valence-corrected chi connectivity index (χ3v) is 5.26. The molecule has 0 bridgehead atoms. The molecule has 4 nitrogen and oxygen atoms in total. The van der Waals surface area contributed by atoms with E-state index in [0.29, 0.717) is 13.2 Å². The standard InChI is InChI=1S/C26H33NO3/c1-26(2,16-20-13-14-21-9-7-8-12-23(21)15-20)27-17-24(28)18-30-25(19-29-3)22-10-5-4-6-11-22/h4-15,24-25,27-28H,16-19H2,1-3H3. The fourth-order valence-corrected chi connectivity index (χ4v) is 3.66. The molecular weight excluding hydrogens is 374 g/mol. The predicted octanol–water partition coefficient (Wildman–Crippen LogP) is 4.52. The summed E-state index contributed by atoms with van der Waals surface area (Å²) in [5.74, 6) is 0. The molecule has 0 aliphatic rings. The quantitative estimate of drug-likeness (QED) is 0.491. The summed E-state index contributed by atoms with van der Waals surface area (Å²) < 4.78 is 11.2. The highest BCUT2D eigenvalue weighted by Gasteiger charge is 2.20. The van der Waals surface area contributed by atoms with E-state index in [0.717, 1.165) is 12.0 Å². The van der Waals surface area contributed by atoms with Gasteiger partial charge in [0.25, 0.3) is 0 Å². The van der Waals surface area contributed by atoms with Crippen LogP contribution in [0.4, 0.5) is 0 Å². The lowest BCUT2D eigenvalue weighted by Crippen LogP contribution is -2.46. The van der Waals surface area contributed by atoms with Gasteiger partial charge >= 0.3 is 0 Å². The van der Waals surface area contributed by atoms with Gasteiger partial charge in [0, 0.05) is 19.2 Å². The number of benzene rings is 3. The van der Waals surface area contributed by atoms with Crippen molar-refractivity contribution in [3.05, 3.63) is 83.9 Å².